The molecule has 0 spiro atoms. The number of aromatic carboxylic acids is 2. The molecule has 0 unspecified atom stereocenters. The fraction of sp³-hybridized carbons (Fsp3) is 0.500. The van der Waals surface area contributed by atoms with Crippen molar-refractivity contribution in [2.45, 2.75) is 52.9 Å². The molecule has 20 heavy (non-hydrogen) atoms. The van der Waals surface area contributed by atoms with Gasteiger partial charge in [0.25, 0.3) is 0 Å². The van der Waals surface area contributed by atoms with Crippen molar-refractivity contribution in [2.24, 2.45) is 0 Å². The normalized spacial score (nSPS) is 9.55. The zero-order chi connectivity index (χ0) is 15.5. The molecule has 0 saturated carbocycles. The van der Waals surface area contributed by atoms with E-state index in [2.05, 4.69) is 13.8 Å². The van der Waals surface area contributed by atoms with Crippen LogP contribution in [0.5, 0.6) is 0 Å². The molecule has 1 aromatic rings. The van der Waals surface area contributed by atoms with Gasteiger partial charge in [0.1, 0.15) is 0 Å². The second-order valence-electron chi connectivity index (χ2n) is 4.65. The first-order valence-electron chi connectivity index (χ1n) is 7.01. The summed E-state index contributed by atoms with van der Waals surface area (Å²) in [6.07, 6.45) is 7.01. The third-order valence-corrected chi connectivity index (χ3v) is 3.00. The number of benzene rings is 1. The summed E-state index contributed by atoms with van der Waals surface area (Å²) in [5.41, 5.74) is 0.335. The van der Waals surface area contributed by atoms with Gasteiger partial charge in [0.05, 0.1) is 11.1 Å². The first-order chi connectivity index (χ1) is 9.45. The lowest BCUT2D eigenvalue weighted by atomic mass is 10.0. The quantitative estimate of drug-likeness (QED) is 0.759. The molecule has 2 N–H and O–H groups in total. The molecule has 0 aliphatic rings. The van der Waals surface area contributed by atoms with Gasteiger partial charge in [-0.15, -0.1) is 0 Å². The highest BCUT2D eigenvalue weighted by atomic mass is 16.4. The van der Waals surface area contributed by atoms with Crippen molar-refractivity contribution in [3.63, 3.8) is 0 Å². The molecular formula is C16H24O4. The Morgan fingerprint density at radius 3 is 1.60 bits per heavy atom. The van der Waals surface area contributed by atoms with Gasteiger partial charge < -0.3 is 10.2 Å². The van der Waals surface area contributed by atoms with E-state index in [1.54, 1.807) is 0 Å². The van der Waals surface area contributed by atoms with Crippen LogP contribution in [0.4, 0.5) is 0 Å². The van der Waals surface area contributed by atoms with Gasteiger partial charge >= 0.3 is 11.9 Å². The van der Waals surface area contributed by atoms with Crippen LogP contribution in [0.15, 0.2) is 18.2 Å². The summed E-state index contributed by atoms with van der Waals surface area (Å²) in [5, 5.41) is 17.4. The molecule has 1 rings (SSSR count). The van der Waals surface area contributed by atoms with E-state index >= 15 is 0 Å². The maximum atomic E-state index is 10.6. The van der Waals surface area contributed by atoms with Crippen LogP contribution in [0.1, 0.15) is 72.2 Å². The molecular weight excluding hydrogens is 256 g/mol. The third-order valence-electron chi connectivity index (χ3n) is 3.00. The van der Waals surface area contributed by atoms with Crippen molar-refractivity contribution in [2.75, 3.05) is 0 Å². The van der Waals surface area contributed by atoms with Crippen LogP contribution < -0.4 is 0 Å². The fourth-order valence-corrected chi connectivity index (χ4v) is 1.78. The largest absolute Gasteiger partial charge is 0.478 e. The Morgan fingerprint density at radius 1 is 0.900 bits per heavy atom. The maximum absolute atomic E-state index is 10.6. The van der Waals surface area contributed by atoms with Gasteiger partial charge in [-0.05, 0) is 24.6 Å². The number of unbranched alkanes of at least 4 members (excludes halogenated alkanes) is 4. The van der Waals surface area contributed by atoms with Crippen LogP contribution in [0, 0.1) is 6.92 Å². The summed E-state index contributed by atoms with van der Waals surface area (Å²) >= 11 is 0. The number of carboxylic acids is 2. The molecule has 0 saturated heterocycles. The minimum atomic E-state index is -1.11. The van der Waals surface area contributed by atoms with Crippen molar-refractivity contribution < 1.29 is 19.8 Å². The third kappa shape index (κ3) is 6.36. The average molecular weight is 280 g/mol. The fourth-order valence-electron chi connectivity index (χ4n) is 1.78. The van der Waals surface area contributed by atoms with Gasteiger partial charge in [0.2, 0.25) is 0 Å². The molecule has 112 valence electrons. The van der Waals surface area contributed by atoms with Gasteiger partial charge in [-0.25, -0.2) is 9.59 Å². The minimum Gasteiger partial charge on any atom is -0.478 e. The first kappa shape index (κ1) is 18.2. The summed E-state index contributed by atoms with van der Waals surface area (Å²) < 4.78 is 0. The topological polar surface area (TPSA) is 74.6 Å². The van der Waals surface area contributed by atoms with E-state index in [0.29, 0.717) is 0 Å². The molecule has 0 amide bonds. The Bertz CT molecular complexity index is 402. The Labute approximate surface area is 120 Å². The number of hydrogen-bond acceptors (Lipinski definition) is 2. The van der Waals surface area contributed by atoms with Gasteiger partial charge in [-0.1, -0.05) is 52.0 Å². The molecule has 0 heterocycles. The summed E-state index contributed by atoms with van der Waals surface area (Å²) in [7, 11) is 0. The molecule has 4 heteroatoms. The van der Waals surface area contributed by atoms with Crippen LogP contribution >= 0.6 is 0 Å². The van der Waals surface area contributed by atoms with E-state index in [0.717, 1.165) is 0 Å². The maximum Gasteiger partial charge on any atom is 0.335 e. The van der Waals surface area contributed by atoms with Gasteiger partial charge in [0.15, 0.2) is 0 Å². The summed E-state index contributed by atoms with van der Waals surface area (Å²) in [5.74, 6) is -2.22. The second kappa shape index (κ2) is 10.0. The van der Waals surface area contributed by atoms with E-state index in [1.807, 2.05) is 0 Å². The van der Waals surface area contributed by atoms with E-state index in [-0.39, 0.29) is 16.7 Å². The predicted octanol–water partition coefficient (Wildman–Crippen LogP) is 4.37. The number of carboxylic acid groups (broad SMARTS) is 2. The van der Waals surface area contributed by atoms with Gasteiger partial charge in [0, 0.05) is 0 Å². The molecule has 0 fully saturated rings. The molecule has 1 aromatic carbocycles. The highest BCUT2D eigenvalue weighted by molar-refractivity contribution is 5.96. The summed E-state index contributed by atoms with van der Waals surface area (Å²) in [6.45, 7) is 5.97. The minimum absolute atomic E-state index is 0.0277. The number of rotatable bonds is 6. The molecule has 4 nitrogen and oxygen atoms in total. The molecule has 0 aromatic heterocycles. The lowest BCUT2D eigenvalue weighted by molar-refractivity contribution is 0.0696. The van der Waals surface area contributed by atoms with Crippen molar-refractivity contribution in [3.05, 3.63) is 34.9 Å². The standard InChI is InChI=1S/C9H8O4.C7H16/c1-5-6(8(10)11)3-2-4-7(5)9(12)13;1-3-5-7-6-4-2/h2-4H,1H3,(H,10,11)(H,12,13);3-7H2,1-2H3. The smallest absolute Gasteiger partial charge is 0.335 e. The van der Waals surface area contributed by atoms with Crippen molar-refractivity contribution in [1.29, 1.82) is 0 Å². The molecule has 0 bridgehead atoms. The lowest BCUT2D eigenvalue weighted by Crippen LogP contribution is -2.06. The van der Waals surface area contributed by atoms with Crippen LogP contribution in [0.25, 0.3) is 0 Å². The number of carbonyl (C=O) groups is 2. The molecule has 0 radical (unpaired) electrons. The van der Waals surface area contributed by atoms with Crippen LogP contribution in [-0.2, 0) is 0 Å². The molecule has 0 atom stereocenters. The predicted molar refractivity (Wildman–Crippen MR) is 79.5 cm³/mol. The van der Waals surface area contributed by atoms with Gasteiger partial charge in [-0.2, -0.15) is 0 Å². The monoisotopic (exact) mass is 280 g/mol. The van der Waals surface area contributed by atoms with Crippen molar-refractivity contribution in [1.82, 2.24) is 0 Å². The Hall–Kier alpha value is -1.84. The second-order valence-corrected chi connectivity index (χ2v) is 4.65. The lowest BCUT2D eigenvalue weighted by Gasteiger charge is -2.03. The molecule has 0 aliphatic carbocycles. The summed E-state index contributed by atoms with van der Waals surface area (Å²) in [6, 6.07) is 4.17. The average Bonchev–Trinajstić information content (AvgIpc) is 2.39. The van der Waals surface area contributed by atoms with E-state index in [9.17, 15) is 9.59 Å². The van der Waals surface area contributed by atoms with Gasteiger partial charge in [-0.3, -0.25) is 0 Å². The van der Waals surface area contributed by atoms with Crippen LogP contribution in [-0.4, -0.2) is 22.2 Å². The van der Waals surface area contributed by atoms with Crippen LogP contribution in [0.3, 0.4) is 0 Å². The Kier molecular flexibility index (Phi) is 9.09. The highest BCUT2D eigenvalue weighted by Gasteiger charge is 2.13. The first-order valence-corrected chi connectivity index (χ1v) is 7.01. The van der Waals surface area contributed by atoms with Crippen molar-refractivity contribution in [3.8, 4) is 0 Å². The summed E-state index contributed by atoms with van der Waals surface area (Å²) in [4.78, 5) is 21.2. The van der Waals surface area contributed by atoms with E-state index < -0.39 is 11.9 Å². The highest BCUT2D eigenvalue weighted by Crippen LogP contribution is 2.13. The zero-order valence-corrected chi connectivity index (χ0v) is 12.5. The Morgan fingerprint density at radius 2 is 1.30 bits per heavy atom. The SMILES string of the molecule is CCCCCCC.Cc1c(C(=O)O)cccc1C(=O)O. The van der Waals surface area contributed by atoms with Crippen LogP contribution in [0.2, 0.25) is 0 Å². The Balaban J connectivity index is 0.000000441. The number of hydrogen-bond donors (Lipinski definition) is 2. The molecule has 0 aliphatic heterocycles. The van der Waals surface area contributed by atoms with E-state index in [1.165, 1.54) is 57.2 Å². The zero-order valence-electron chi connectivity index (χ0n) is 12.5. The van der Waals surface area contributed by atoms with Crippen molar-refractivity contribution >= 4 is 11.9 Å². The van der Waals surface area contributed by atoms with E-state index in [4.69, 9.17) is 10.2 Å².